The standard InChI is InChI=1S/C24H26N2O4S/c1-18-12-14-20(15-13-18)31(28)26(21-9-5-7-11-23(21)30-3)17-24(27)25-16-19-8-4-6-10-22(19)29-2/h4-15H,16-17H2,1-3H3,(H,25,27). The van der Waals surface area contributed by atoms with Gasteiger partial charge in [0.15, 0.2) is 11.0 Å². The van der Waals surface area contributed by atoms with Gasteiger partial charge in [-0.15, -0.1) is 0 Å². The molecule has 0 aromatic heterocycles. The van der Waals surface area contributed by atoms with Gasteiger partial charge in [0, 0.05) is 12.1 Å². The van der Waals surface area contributed by atoms with E-state index in [0.29, 0.717) is 28.6 Å². The van der Waals surface area contributed by atoms with Crippen LogP contribution in [-0.4, -0.2) is 30.9 Å². The van der Waals surface area contributed by atoms with E-state index in [0.717, 1.165) is 11.1 Å². The highest BCUT2D eigenvalue weighted by atomic mass is 32.2. The molecule has 0 bridgehead atoms. The van der Waals surface area contributed by atoms with Gasteiger partial charge in [0.05, 0.1) is 24.8 Å². The summed E-state index contributed by atoms with van der Waals surface area (Å²) >= 11 is 0. The maximum atomic E-state index is 13.4. The first kappa shape index (κ1) is 22.4. The number of ether oxygens (including phenoxy) is 2. The number of hydrogen-bond donors (Lipinski definition) is 1. The van der Waals surface area contributed by atoms with E-state index < -0.39 is 11.0 Å². The second-order valence-electron chi connectivity index (χ2n) is 6.86. The summed E-state index contributed by atoms with van der Waals surface area (Å²) in [6.45, 7) is 2.17. The van der Waals surface area contributed by atoms with Gasteiger partial charge >= 0.3 is 0 Å². The second kappa shape index (κ2) is 10.6. The summed E-state index contributed by atoms with van der Waals surface area (Å²) in [4.78, 5) is 13.4. The van der Waals surface area contributed by atoms with Gasteiger partial charge in [0.25, 0.3) is 0 Å². The zero-order chi connectivity index (χ0) is 22.2. The first-order chi connectivity index (χ1) is 15.0. The van der Waals surface area contributed by atoms with E-state index in [4.69, 9.17) is 9.47 Å². The van der Waals surface area contributed by atoms with Crippen LogP contribution in [0.5, 0.6) is 11.5 Å². The molecule has 31 heavy (non-hydrogen) atoms. The van der Waals surface area contributed by atoms with Crippen molar-refractivity contribution in [3.8, 4) is 11.5 Å². The fourth-order valence-electron chi connectivity index (χ4n) is 3.08. The van der Waals surface area contributed by atoms with E-state index in [9.17, 15) is 9.00 Å². The molecule has 0 heterocycles. The van der Waals surface area contributed by atoms with E-state index in [1.54, 1.807) is 42.8 Å². The van der Waals surface area contributed by atoms with E-state index in [2.05, 4.69) is 5.32 Å². The summed E-state index contributed by atoms with van der Waals surface area (Å²) in [7, 11) is 1.54. The number of hydrogen-bond acceptors (Lipinski definition) is 4. The molecular formula is C24H26N2O4S. The third kappa shape index (κ3) is 5.64. The third-order valence-corrected chi connectivity index (χ3v) is 6.13. The van der Waals surface area contributed by atoms with Gasteiger partial charge in [-0.25, -0.2) is 4.21 Å². The van der Waals surface area contributed by atoms with Crippen molar-refractivity contribution in [2.75, 3.05) is 25.1 Å². The second-order valence-corrected chi connectivity index (χ2v) is 8.27. The number of amides is 1. The van der Waals surface area contributed by atoms with Crippen LogP contribution in [0.25, 0.3) is 0 Å². The Morgan fingerprint density at radius 2 is 1.52 bits per heavy atom. The molecule has 1 amide bonds. The van der Waals surface area contributed by atoms with E-state index in [-0.39, 0.29) is 12.5 Å². The van der Waals surface area contributed by atoms with Crippen molar-refractivity contribution >= 4 is 22.6 Å². The van der Waals surface area contributed by atoms with Crippen molar-refractivity contribution < 1.29 is 18.5 Å². The number of nitrogens with zero attached hydrogens (tertiary/aromatic N) is 1. The summed E-state index contributed by atoms with van der Waals surface area (Å²) in [5.74, 6) is 0.977. The number of carbonyl (C=O) groups is 1. The average molecular weight is 439 g/mol. The van der Waals surface area contributed by atoms with Gasteiger partial charge in [-0.05, 0) is 37.3 Å². The van der Waals surface area contributed by atoms with Gasteiger partial charge in [0.2, 0.25) is 5.91 Å². The van der Waals surface area contributed by atoms with Gasteiger partial charge in [0.1, 0.15) is 18.0 Å². The van der Waals surface area contributed by atoms with Crippen molar-refractivity contribution in [1.29, 1.82) is 0 Å². The lowest BCUT2D eigenvalue weighted by Gasteiger charge is -2.25. The van der Waals surface area contributed by atoms with Crippen molar-refractivity contribution in [2.45, 2.75) is 18.4 Å². The number of rotatable bonds is 9. The number of nitrogens with one attached hydrogen (secondary N) is 1. The van der Waals surface area contributed by atoms with Gasteiger partial charge in [-0.3, -0.25) is 9.10 Å². The molecule has 1 unspecified atom stereocenters. The fourth-order valence-corrected chi connectivity index (χ4v) is 4.27. The Balaban J connectivity index is 1.83. The lowest BCUT2D eigenvalue weighted by Crippen LogP contribution is -2.38. The zero-order valence-corrected chi connectivity index (χ0v) is 18.6. The number of carbonyl (C=O) groups excluding carboxylic acids is 1. The quantitative estimate of drug-likeness (QED) is 0.551. The van der Waals surface area contributed by atoms with Crippen molar-refractivity contribution in [3.05, 3.63) is 83.9 Å². The lowest BCUT2D eigenvalue weighted by atomic mass is 10.2. The van der Waals surface area contributed by atoms with Crippen molar-refractivity contribution in [2.24, 2.45) is 0 Å². The molecule has 3 rings (SSSR count). The fraction of sp³-hybridized carbons (Fsp3) is 0.208. The molecule has 3 aromatic rings. The molecule has 1 N–H and O–H groups in total. The highest BCUT2D eigenvalue weighted by molar-refractivity contribution is 7.86. The van der Waals surface area contributed by atoms with Crippen LogP contribution >= 0.6 is 0 Å². The molecule has 162 valence electrons. The highest BCUT2D eigenvalue weighted by Gasteiger charge is 2.22. The number of para-hydroxylation sites is 3. The minimum atomic E-state index is -1.60. The maximum Gasteiger partial charge on any atom is 0.240 e. The third-order valence-electron chi connectivity index (χ3n) is 4.73. The Morgan fingerprint density at radius 1 is 0.903 bits per heavy atom. The van der Waals surface area contributed by atoms with Gasteiger partial charge in [-0.2, -0.15) is 0 Å². The van der Waals surface area contributed by atoms with Crippen LogP contribution in [0.2, 0.25) is 0 Å². The first-order valence-electron chi connectivity index (χ1n) is 9.81. The van der Waals surface area contributed by atoms with Crippen LogP contribution < -0.4 is 19.1 Å². The molecule has 0 saturated carbocycles. The summed E-state index contributed by atoms with van der Waals surface area (Å²) in [5.41, 5.74) is 2.51. The largest absolute Gasteiger partial charge is 0.496 e. The molecule has 0 aliphatic rings. The maximum absolute atomic E-state index is 13.4. The predicted molar refractivity (Wildman–Crippen MR) is 123 cm³/mol. The Kier molecular flexibility index (Phi) is 7.67. The number of aryl methyl sites for hydroxylation is 1. The Bertz CT molecular complexity index is 1050. The molecule has 0 radical (unpaired) electrons. The minimum absolute atomic E-state index is 0.101. The summed E-state index contributed by atoms with van der Waals surface area (Å²) in [5, 5.41) is 2.89. The molecule has 0 saturated heterocycles. The number of methoxy groups -OCH3 is 2. The zero-order valence-electron chi connectivity index (χ0n) is 17.8. The van der Waals surface area contributed by atoms with Crippen LogP contribution in [0.3, 0.4) is 0 Å². The minimum Gasteiger partial charge on any atom is -0.496 e. The lowest BCUT2D eigenvalue weighted by molar-refractivity contribution is -0.119. The van der Waals surface area contributed by atoms with E-state index in [1.165, 1.54) is 0 Å². The summed E-state index contributed by atoms with van der Waals surface area (Å²) in [6.07, 6.45) is 0. The average Bonchev–Trinajstić information content (AvgIpc) is 2.81. The molecule has 0 fully saturated rings. The Morgan fingerprint density at radius 3 is 2.19 bits per heavy atom. The van der Waals surface area contributed by atoms with Crippen molar-refractivity contribution in [3.63, 3.8) is 0 Å². The summed E-state index contributed by atoms with van der Waals surface area (Å²) in [6, 6.07) is 22.1. The van der Waals surface area contributed by atoms with Crippen LogP contribution in [0.1, 0.15) is 11.1 Å². The highest BCUT2D eigenvalue weighted by Crippen LogP contribution is 2.30. The number of benzene rings is 3. The molecule has 0 aliphatic carbocycles. The Hall–Kier alpha value is -3.32. The van der Waals surface area contributed by atoms with Gasteiger partial charge < -0.3 is 14.8 Å². The van der Waals surface area contributed by atoms with Crippen molar-refractivity contribution in [1.82, 2.24) is 5.32 Å². The SMILES string of the molecule is COc1ccccc1CNC(=O)CN(c1ccccc1OC)S(=O)c1ccc(C)cc1. The molecule has 0 spiro atoms. The van der Waals surface area contributed by atoms with E-state index >= 15 is 0 Å². The topological polar surface area (TPSA) is 67.9 Å². The Labute approximate surface area is 185 Å². The summed E-state index contributed by atoms with van der Waals surface area (Å²) < 4.78 is 25.7. The van der Waals surface area contributed by atoms with E-state index in [1.807, 2.05) is 55.5 Å². The molecule has 3 aromatic carbocycles. The van der Waals surface area contributed by atoms with Gasteiger partial charge in [-0.1, -0.05) is 48.0 Å². The van der Waals surface area contributed by atoms with Crippen LogP contribution in [0.4, 0.5) is 5.69 Å². The van der Waals surface area contributed by atoms with Crippen LogP contribution in [0.15, 0.2) is 77.7 Å². The molecular weight excluding hydrogens is 412 g/mol. The predicted octanol–water partition coefficient (Wildman–Crippen LogP) is 3.86. The molecule has 0 aliphatic heterocycles. The monoisotopic (exact) mass is 438 g/mol. The molecule has 1 atom stereocenters. The first-order valence-corrected chi connectivity index (χ1v) is 10.9. The normalized spacial score (nSPS) is 11.5. The molecule has 7 heteroatoms. The smallest absolute Gasteiger partial charge is 0.240 e. The molecule has 6 nitrogen and oxygen atoms in total. The van der Waals surface area contributed by atoms with Crippen LogP contribution in [0, 0.1) is 6.92 Å². The van der Waals surface area contributed by atoms with Crippen LogP contribution in [-0.2, 0) is 22.3 Å². The number of anilines is 1.